The van der Waals surface area contributed by atoms with Gasteiger partial charge in [-0.3, -0.25) is 4.79 Å². The lowest BCUT2D eigenvalue weighted by molar-refractivity contribution is -0.137. The average molecular weight is 253 g/mol. The zero-order valence-electron chi connectivity index (χ0n) is 12.2. The largest absolute Gasteiger partial charge is 0.344 e. The Morgan fingerprint density at radius 2 is 2.00 bits per heavy atom. The molecule has 4 heteroatoms. The summed E-state index contributed by atoms with van der Waals surface area (Å²) in [6.45, 7) is 3.97. The Balaban J connectivity index is 1.95. The number of amides is 1. The Bertz CT molecular complexity index is 312. The van der Waals surface area contributed by atoms with Crippen LogP contribution in [0.1, 0.15) is 32.6 Å². The predicted molar refractivity (Wildman–Crippen MR) is 73.5 cm³/mol. The van der Waals surface area contributed by atoms with Crippen LogP contribution in [0.3, 0.4) is 0 Å². The third-order valence-electron chi connectivity index (χ3n) is 4.98. The molecule has 2 unspecified atom stereocenters. The number of nitrogens with one attached hydrogen (secondary N) is 1. The molecule has 2 rings (SSSR count). The molecule has 0 aromatic rings. The van der Waals surface area contributed by atoms with Crippen LogP contribution in [0.5, 0.6) is 0 Å². The summed E-state index contributed by atoms with van der Waals surface area (Å²) in [5.74, 6) is 0.495. The topological polar surface area (TPSA) is 35.6 Å². The minimum Gasteiger partial charge on any atom is -0.344 e. The molecular formula is C14H27N3O. The second kappa shape index (κ2) is 5.17. The van der Waals surface area contributed by atoms with Gasteiger partial charge in [0, 0.05) is 25.2 Å². The van der Waals surface area contributed by atoms with Crippen molar-refractivity contribution in [1.29, 1.82) is 0 Å². The van der Waals surface area contributed by atoms with Crippen molar-refractivity contribution >= 4 is 5.91 Å². The highest BCUT2D eigenvalue weighted by molar-refractivity contribution is 5.79. The van der Waals surface area contributed by atoms with Crippen LogP contribution in [0.25, 0.3) is 0 Å². The summed E-state index contributed by atoms with van der Waals surface area (Å²) in [5, 5.41) is 3.36. The minimum atomic E-state index is 0.175. The van der Waals surface area contributed by atoms with Crippen LogP contribution < -0.4 is 5.32 Å². The van der Waals surface area contributed by atoms with Crippen LogP contribution in [-0.2, 0) is 4.79 Å². The van der Waals surface area contributed by atoms with E-state index in [1.54, 1.807) is 0 Å². The van der Waals surface area contributed by atoms with Crippen molar-refractivity contribution in [3.05, 3.63) is 0 Å². The van der Waals surface area contributed by atoms with Crippen molar-refractivity contribution < 1.29 is 4.79 Å². The first kappa shape index (κ1) is 13.8. The van der Waals surface area contributed by atoms with Gasteiger partial charge in [0.2, 0.25) is 5.91 Å². The number of carbonyl (C=O) groups is 1. The molecule has 1 aliphatic carbocycles. The lowest BCUT2D eigenvalue weighted by atomic mass is 9.75. The van der Waals surface area contributed by atoms with E-state index >= 15 is 0 Å². The predicted octanol–water partition coefficient (Wildman–Crippen LogP) is 0.927. The molecule has 0 aromatic heterocycles. The standard InChI is InChI=1S/C14H27N3O/c1-11-12(6-9-15-11)13(18)17(4)10-14(16(2)3)7-5-8-14/h11-12,15H,5-10H2,1-4H3. The Kier molecular flexibility index (Phi) is 3.97. The van der Waals surface area contributed by atoms with Crippen LogP contribution in [0.15, 0.2) is 0 Å². The summed E-state index contributed by atoms with van der Waals surface area (Å²) in [6, 6.07) is 0.330. The van der Waals surface area contributed by atoms with Gasteiger partial charge in [-0.2, -0.15) is 0 Å². The smallest absolute Gasteiger partial charge is 0.227 e. The van der Waals surface area contributed by atoms with E-state index in [0.29, 0.717) is 11.9 Å². The van der Waals surface area contributed by atoms with E-state index in [0.717, 1.165) is 19.5 Å². The molecule has 2 atom stereocenters. The second-order valence-electron chi connectivity index (χ2n) is 6.30. The third kappa shape index (κ3) is 2.41. The van der Waals surface area contributed by atoms with E-state index in [1.165, 1.54) is 19.3 Å². The molecule has 1 N–H and O–H groups in total. The molecule has 1 aliphatic heterocycles. The highest BCUT2D eigenvalue weighted by Gasteiger charge is 2.42. The summed E-state index contributed by atoms with van der Waals surface area (Å²) in [6.07, 6.45) is 4.72. The maximum Gasteiger partial charge on any atom is 0.227 e. The monoisotopic (exact) mass is 253 g/mol. The van der Waals surface area contributed by atoms with Gasteiger partial charge in [0.15, 0.2) is 0 Å². The Labute approximate surface area is 111 Å². The number of nitrogens with zero attached hydrogens (tertiary/aromatic N) is 2. The van der Waals surface area contributed by atoms with Crippen LogP contribution in [0, 0.1) is 5.92 Å². The Hall–Kier alpha value is -0.610. The first-order chi connectivity index (χ1) is 8.46. The van der Waals surface area contributed by atoms with E-state index in [1.807, 2.05) is 11.9 Å². The quantitative estimate of drug-likeness (QED) is 0.809. The summed E-state index contributed by atoms with van der Waals surface area (Å²) >= 11 is 0. The zero-order valence-corrected chi connectivity index (χ0v) is 12.2. The molecule has 2 aliphatic rings. The van der Waals surface area contributed by atoms with Crippen LogP contribution in [0.2, 0.25) is 0 Å². The normalized spacial score (nSPS) is 30.3. The molecule has 4 nitrogen and oxygen atoms in total. The van der Waals surface area contributed by atoms with Gasteiger partial charge in [0.25, 0.3) is 0 Å². The fraction of sp³-hybridized carbons (Fsp3) is 0.929. The van der Waals surface area contributed by atoms with Crippen LogP contribution >= 0.6 is 0 Å². The maximum absolute atomic E-state index is 12.5. The van der Waals surface area contributed by atoms with E-state index in [-0.39, 0.29) is 11.5 Å². The average Bonchev–Trinajstić information content (AvgIpc) is 2.67. The lowest BCUT2D eigenvalue weighted by Gasteiger charge is -2.49. The van der Waals surface area contributed by atoms with Gasteiger partial charge in [0.1, 0.15) is 0 Å². The Morgan fingerprint density at radius 1 is 1.33 bits per heavy atom. The lowest BCUT2D eigenvalue weighted by Crippen LogP contribution is -2.58. The molecular weight excluding hydrogens is 226 g/mol. The second-order valence-corrected chi connectivity index (χ2v) is 6.30. The molecule has 104 valence electrons. The maximum atomic E-state index is 12.5. The summed E-state index contributed by atoms with van der Waals surface area (Å²) in [4.78, 5) is 16.7. The summed E-state index contributed by atoms with van der Waals surface area (Å²) < 4.78 is 0. The zero-order chi connectivity index (χ0) is 13.3. The number of hydrogen-bond acceptors (Lipinski definition) is 3. The van der Waals surface area contributed by atoms with Crippen molar-refractivity contribution in [2.75, 3.05) is 34.2 Å². The molecule has 0 aromatic carbocycles. The number of likely N-dealkylation sites (N-methyl/N-ethyl adjacent to an activating group) is 2. The van der Waals surface area contributed by atoms with Gasteiger partial charge in [-0.1, -0.05) is 0 Å². The molecule has 1 amide bonds. The summed E-state index contributed by atoms with van der Waals surface area (Å²) in [5.41, 5.74) is 0.236. The number of hydrogen-bond donors (Lipinski definition) is 1. The highest BCUT2D eigenvalue weighted by Crippen LogP contribution is 2.37. The van der Waals surface area contributed by atoms with E-state index in [4.69, 9.17) is 0 Å². The van der Waals surface area contributed by atoms with Gasteiger partial charge in [-0.15, -0.1) is 0 Å². The first-order valence-electron chi connectivity index (χ1n) is 7.12. The molecule has 1 saturated carbocycles. The highest BCUT2D eigenvalue weighted by atomic mass is 16.2. The summed E-state index contributed by atoms with van der Waals surface area (Å²) in [7, 11) is 6.24. The molecule has 18 heavy (non-hydrogen) atoms. The van der Waals surface area contributed by atoms with Crippen molar-refractivity contribution in [3.63, 3.8) is 0 Å². The van der Waals surface area contributed by atoms with Gasteiger partial charge < -0.3 is 15.1 Å². The fourth-order valence-corrected chi connectivity index (χ4v) is 3.33. The molecule has 0 bridgehead atoms. The Morgan fingerprint density at radius 3 is 2.39 bits per heavy atom. The molecule has 0 spiro atoms. The SMILES string of the molecule is CC1NCCC1C(=O)N(C)CC1(N(C)C)CCC1. The minimum absolute atomic E-state index is 0.175. The van der Waals surface area contributed by atoms with Gasteiger partial charge in [-0.25, -0.2) is 0 Å². The first-order valence-corrected chi connectivity index (χ1v) is 7.12. The van der Waals surface area contributed by atoms with Crippen LogP contribution in [0.4, 0.5) is 0 Å². The molecule has 1 saturated heterocycles. The molecule has 0 radical (unpaired) electrons. The number of carbonyl (C=O) groups excluding carboxylic acids is 1. The fourth-order valence-electron chi connectivity index (χ4n) is 3.33. The van der Waals surface area contributed by atoms with Gasteiger partial charge in [-0.05, 0) is 53.2 Å². The van der Waals surface area contributed by atoms with Crippen molar-refractivity contribution in [2.24, 2.45) is 5.92 Å². The van der Waals surface area contributed by atoms with Crippen molar-refractivity contribution in [2.45, 2.75) is 44.2 Å². The van der Waals surface area contributed by atoms with E-state index in [2.05, 4.69) is 31.2 Å². The van der Waals surface area contributed by atoms with Crippen molar-refractivity contribution in [3.8, 4) is 0 Å². The van der Waals surface area contributed by atoms with Gasteiger partial charge >= 0.3 is 0 Å². The number of rotatable bonds is 4. The molecule has 1 heterocycles. The van der Waals surface area contributed by atoms with E-state index in [9.17, 15) is 4.79 Å². The van der Waals surface area contributed by atoms with Gasteiger partial charge in [0.05, 0.1) is 5.92 Å². The van der Waals surface area contributed by atoms with Crippen molar-refractivity contribution in [1.82, 2.24) is 15.1 Å². The van der Waals surface area contributed by atoms with E-state index < -0.39 is 0 Å². The molecule has 2 fully saturated rings. The van der Waals surface area contributed by atoms with Crippen LogP contribution in [-0.4, -0.2) is 61.5 Å². The third-order valence-corrected chi connectivity index (χ3v) is 4.98.